The monoisotopic (exact) mass is 261 g/mol. The van der Waals surface area contributed by atoms with Crippen molar-refractivity contribution in [1.82, 2.24) is 9.97 Å². The lowest BCUT2D eigenvalue weighted by atomic mass is 10.1. The van der Waals surface area contributed by atoms with Gasteiger partial charge in [0.1, 0.15) is 0 Å². The van der Waals surface area contributed by atoms with Gasteiger partial charge in [0.25, 0.3) is 0 Å². The molecule has 3 nitrogen and oxygen atoms in total. The third-order valence-corrected chi connectivity index (χ3v) is 2.51. The van der Waals surface area contributed by atoms with Crippen LogP contribution in [0, 0.1) is 0 Å². The van der Waals surface area contributed by atoms with E-state index in [0.717, 1.165) is 12.1 Å². The second-order valence-corrected chi connectivity index (χ2v) is 3.78. The van der Waals surface area contributed by atoms with E-state index in [0.29, 0.717) is 5.69 Å². The minimum atomic E-state index is -4.41. The van der Waals surface area contributed by atoms with Gasteiger partial charge >= 0.3 is 6.18 Å². The molecule has 2 rings (SSSR count). The molecule has 0 atom stereocenters. The predicted octanol–water partition coefficient (Wildman–Crippen LogP) is 3.33. The summed E-state index contributed by atoms with van der Waals surface area (Å²) in [6, 6.07) is 3.07. The smallest absolute Gasteiger partial charge is 0.369 e. The topological polar surface area (TPSA) is 54.7 Å². The van der Waals surface area contributed by atoms with Crippen molar-refractivity contribution in [2.24, 2.45) is 0 Å². The summed E-state index contributed by atoms with van der Waals surface area (Å²) in [6.07, 6.45) is -3.08. The lowest BCUT2D eigenvalue weighted by molar-refractivity contribution is -0.137. The number of benzene rings is 1. The number of halogens is 4. The second-order valence-electron chi connectivity index (χ2n) is 3.37. The summed E-state index contributed by atoms with van der Waals surface area (Å²) in [4.78, 5) is 6.33. The first-order chi connectivity index (χ1) is 7.88. The summed E-state index contributed by atoms with van der Waals surface area (Å²) >= 11 is 5.83. The molecular weight excluding hydrogens is 255 g/mol. The number of aromatic nitrogens is 2. The zero-order chi connectivity index (χ0) is 12.6. The fourth-order valence-corrected chi connectivity index (χ4v) is 1.60. The van der Waals surface area contributed by atoms with Gasteiger partial charge in [-0.2, -0.15) is 13.2 Å². The number of nitrogens with one attached hydrogen (secondary N) is 1. The van der Waals surface area contributed by atoms with Crippen LogP contribution in [0.5, 0.6) is 0 Å². The molecule has 17 heavy (non-hydrogen) atoms. The molecule has 0 saturated heterocycles. The fraction of sp³-hybridized carbons (Fsp3) is 0.100. The zero-order valence-corrected chi connectivity index (χ0v) is 9.10. The van der Waals surface area contributed by atoms with E-state index in [2.05, 4.69) is 9.97 Å². The van der Waals surface area contributed by atoms with Crippen molar-refractivity contribution in [3.63, 3.8) is 0 Å². The number of hydrogen-bond acceptors (Lipinski definition) is 2. The number of aromatic amines is 1. The highest BCUT2D eigenvalue weighted by atomic mass is 35.5. The number of nitrogens with zero attached hydrogens (tertiary/aromatic N) is 1. The maximum atomic E-state index is 12.5. The first-order valence-electron chi connectivity index (χ1n) is 4.55. The van der Waals surface area contributed by atoms with Gasteiger partial charge in [0.05, 0.1) is 17.5 Å². The fourth-order valence-electron chi connectivity index (χ4n) is 1.38. The summed E-state index contributed by atoms with van der Waals surface area (Å²) in [7, 11) is 0. The van der Waals surface area contributed by atoms with Crippen molar-refractivity contribution in [1.29, 1.82) is 0 Å². The Balaban J connectivity index is 2.54. The molecule has 0 aliphatic heterocycles. The molecule has 0 aliphatic rings. The molecule has 0 bridgehead atoms. The normalized spacial score (nSPS) is 11.8. The summed E-state index contributed by atoms with van der Waals surface area (Å²) in [5, 5.41) is 0.196. The maximum Gasteiger partial charge on any atom is 0.416 e. The number of anilines is 1. The molecule has 7 heteroatoms. The van der Waals surface area contributed by atoms with Crippen molar-refractivity contribution in [2.75, 3.05) is 5.73 Å². The van der Waals surface area contributed by atoms with Gasteiger partial charge in [-0.15, -0.1) is 0 Å². The molecule has 0 amide bonds. The van der Waals surface area contributed by atoms with E-state index in [9.17, 15) is 13.2 Å². The summed E-state index contributed by atoms with van der Waals surface area (Å²) in [6.45, 7) is 0. The van der Waals surface area contributed by atoms with E-state index >= 15 is 0 Å². The number of nitrogens with two attached hydrogens (primary N) is 1. The van der Waals surface area contributed by atoms with Crippen LogP contribution >= 0.6 is 11.6 Å². The van der Waals surface area contributed by atoms with Crippen LogP contribution in [0.2, 0.25) is 5.02 Å². The van der Waals surface area contributed by atoms with Gasteiger partial charge in [0, 0.05) is 10.6 Å². The molecule has 1 heterocycles. The van der Waals surface area contributed by atoms with Gasteiger partial charge in [0.2, 0.25) is 0 Å². The van der Waals surface area contributed by atoms with E-state index in [4.69, 9.17) is 17.3 Å². The van der Waals surface area contributed by atoms with Crippen LogP contribution in [0.4, 0.5) is 19.1 Å². The SMILES string of the molecule is Nc1ncc(-c2cc(C(F)(F)F)ccc2Cl)[nH]1. The molecule has 2 aromatic rings. The standard InChI is InChI=1S/C10H7ClF3N3/c11-7-2-1-5(10(12,13)14)3-6(7)8-4-16-9(15)17-8/h1-4H,(H3,15,16,17). The molecule has 0 spiro atoms. The van der Waals surface area contributed by atoms with E-state index in [-0.39, 0.29) is 16.5 Å². The Kier molecular flexibility index (Phi) is 2.74. The highest BCUT2D eigenvalue weighted by molar-refractivity contribution is 6.33. The number of rotatable bonds is 1. The van der Waals surface area contributed by atoms with Crippen LogP contribution in [0.25, 0.3) is 11.3 Å². The van der Waals surface area contributed by atoms with Crippen molar-refractivity contribution < 1.29 is 13.2 Å². The number of hydrogen-bond donors (Lipinski definition) is 2. The average Bonchev–Trinajstić information content (AvgIpc) is 2.63. The van der Waals surface area contributed by atoms with E-state index in [1.807, 2.05) is 0 Å². The number of alkyl halides is 3. The van der Waals surface area contributed by atoms with Crippen molar-refractivity contribution in [3.05, 3.63) is 35.0 Å². The largest absolute Gasteiger partial charge is 0.416 e. The third kappa shape index (κ3) is 2.36. The van der Waals surface area contributed by atoms with E-state index in [1.54, 1.807) is 0 Å². The van der Waals surface area contributed by atoms with Gasteiger partial charge in [-0.05, 0) is 18.2 Å². The second kappa shape index (κ2) is 3.96. The van der Waals surface area contributed by atoms with Gasteiger partial charge in [-0.1, -0.05) is 11.6 Å². The zero-order valence-electron chi connectivity index (χ0n) is 8.35. The molecule has 0 fully saturated rings. The summed E-state index contributed by atoms with van der Waals surface area (Å²) in [5.41, 5.74) is 5.14. The first-order valence-corrected chi connectivity index (χ1v) is 4.93. The van der Waals surface area contributed by atoms with Gasteiger partial charge in [-0.25, -0.2) is 4.98 Å². The Labute approximate surface area is 99.4 Å². The Bertz CT molecular complexity index is 548. The van der Waals surface area contributed by atoms with Gasteiger partial charge in [0.15, 0.2) is 5.95 Å². The van der Waals surface area contributed by atoms with Crippen LogP contribution in [0.15, 0.2) is 24.4 Å². The van der Waals surface area contributed by atoms with Crippen LogP contribution in [0.3, 0.4) is 0 Å². The maximum absolute atomic E-state index is 12.5. The molecule has 0 unspecified atom stereocenters. The van der Waals surface area contributed by atoms with Gasteiger partial charge < -0.3 is 10.7 Å². The number of H-pyrrole nitrogens is 1. The molecule has 0 aliphatic carbocycles. The number of nitrogen functional groups attached to an aromatic ring is 1. The Morgan fingerprint density at radius 3 is 2.53 bits per heavy atom. The molecule has 0 saturated carbocycles. The van der Waals surface area contributed by atoms with Crippen molar-refractivity contribution in [3.8, 4) is 11.3 Å². The Morgan fingerprint density at radius 2 is 2.00 bits per heavy atom. The van der Waals surface area contributed by atoms with Crippen molar-refractivity contribution in [2.45, 2.75) is 6.18 Å². The lowest BCUT2D eigenvalue weighted by Crippen LogP contribution is -2.04. The highest BCUT2D eigenvalue weighted by Gasteiger charge is 2.31. The number of imidazole rings is 1. The minimum absolute atomic E-state index is 0.119. The molecule has 3 N–H and O–H groups in total. The highest BCUT2D eigenvalue weighted by Crippen LogP contribution is 2.35. The van der Waals surface area contributed by atoms with Crippen molar-refractivity contribution >= 4 is 17.5 Å². The quantitative estimate of drug-likeness (QED) is 0.827. The summed E-state index contributed by atoms with van der Waals surface area (Å²) < 4.78 is 37.6. The minimum Gasteiger partial charge on any atom is -0.369 e. The van der Waals surface area contributed by atoms with Crippen LogP contribution in [-0.2, 0) is 6.18 Å². The molecule has 1 aromatic heterocycles. The van der Waals surface area contributed by atoms with Crippen LogP contribution in [-0.4, -0.2) is 9.97 Å². The average molecular weight is 262 g/mol. The third-order valence-electron chi connectivity index (χ3n) is 2.18. The molecular formula is C10H7ClF3N3. The van der Waals surface area contributed by atoms with Crippen LogP contribution in [0.1, 0.15) is 5.56 Å². The van der Waals surface area contributed by atoms with E-state index < -0.39 is 11.7 Å². The summed E-state index contributed by atoms with van der Waals surface area (Å²) in [5.74, 6) is 0.119. The van der Waals surface area contributed by atoms with E-state index in [1.165, 1.54) is 12.3 Å². The lowest BCUT2D eigenvalue weighted by Gasteiger charge is -2.09. The molecule has 0 radical (unpaired) electrons. The molecule has 90 valence electrons. The Morgan fingerprint density at radius 1 is 1.29 bits per heavy atom. The molecule has 1 aromatic carbocycles. The predicted molar refractivity (Wildman–Crippen MR) is 58.4 cm³/mol. The first kappa shape index (κ1) is 11.8. The van der Waals surface area contributed by atoms with Crippen LogP contribution < -0.4 is 5.73 Å². The Hall–Kier alpha value is -1.69. The van der Waals surface area contributed by atoms with Gasteiger partial charge in [-0.3, -0.25) is 0 Å².